The van der Waals surface area contributed by atoms with Gasteiger partial charge in [-0.1, -0.05) is 69.3 Å². The maximum Gasteiger partial charge on any atom is 0.256 e. The van der Waals surface area contributed by atoms with E-state index in [-0.39, 0.29) is 12.1 Å². The predicted molar refractivity (Wildman–Crippen MR) is 135 cm³/mol. The zero-order valence-electron chi connectivity index (χ0n) is 18.9. The van der Waals surface area contributed by atoms with Gasteiger partial charge >= 0.3 is 0 Å². The highest BCUT2D eigenvalue weighted by molar-refractivity contribution is 6.99. The lowest BCUT2D eigenvalue weighted by Crippen LogP contribution is -2.58. The molecule has 154 valence electrons. The van der Waals surface area contributed by atoms with Gasteiger partial charge < -0.3 is 9.30 Å². The Labute approximate surface area is 188 Å². The Hall–Kier alpha value is -3.46. The molecule has 0 radical (unpaired) electrons. The lowest BCUT2D eigenvalue weighted by Gasteiger charge is -2.34. The van der Waals surface area contributed by atoms with Crippen LogP contribution < -0.4 is 21.1 Å². The summed E-state index contributed by atoms with van der Waals surface area (Å²) in [6.45, 7) is 9.12. The molecule has 3 heterocycles. The molecule has 5 aromatic rings. The number of benzene rings is 4. The fourth-order valence-electron chi connectivity index (χ4n) is 5.76. The molecule has 2 aliphatic rings. The van der Waals surface area contributed by atoms with E-state index >= 15 is 0 Å². The summed E-state index contributed by atoms with van der Waals surface area (Å²) in [5.74, 6) is 1.98. The molecular weight excluding hydrogens is 389 g/mol. The third-order valence-corrected chi connectivity index (χ3v) is 7.24. The molecule has 2 aliphatic heterocycles. The maximum atomic E-state index is 6.63. The van der Waals surface area contributed by atoms with E-state index in [2.05, 4.69) is 105 Å². The lowest BCUT2D eigenvalue weighted by molar-refractivity contribution is 0.482. The summed E-state index contributed by atoms with van der Waals surface area (Å²) in [4.78, 5) is 0. The first-order valence-electron chi connectivity index (χ1n) is 11.4. The second-order valence-corrected chi connectivity index (χ2v) is 10.3. The number of fused-ring (bicyclic) bond motifs is 7. The van der Waals surface area contributed by atoms with Crippen molar-refractivity contribution in [3.63, 3.8) is 0 Å². The highest BCUT2D eigenvalue weighted by Gasteiger charge is 2.40. The summed E-state index contributed by atoms with van der Waals surface area (Å²) >= 11 is 0. The molecule has 3 heteroatoms. The summed E-state index contributed by atoms with van der Waals surface area (Å²) in [6.07, 6.45) is 0. The standard InChI is InChI=1S/C29H24BNO/c1-17-14-24-27-26(15-17)32-25-16-18(29(2,3)4)12-13-21(25)30(27)22-10-7-9-20-19-8-5-6-11-23(19)31(24)28(20)22/h5-16H,1-4H3. The minimum Gasteiger partial charge on any atom is -0.458 e. The molecule has 0 saturated carbocycles. The molecule has 0 spiro atoms. The fraction of sp³-hybridized carbons (Fsp3) is 0.172. The molecule has 0 bridgehead atoms. The highest BCUT2D eigenvalue weighted by Crippen LogP contribution is 2.38. The van der Waals surface area contributed by atoms with E-state index in [1.807, 2.05) is 0 Å². The zero-order valence-corrected chi connectivity index (χ0v) is 18.9. The Morgan fingerprint density at radius 1 is 0.781 bits per heavy atom. The number of aryl methyl sites for hydroxylation is 1. The summed E-state index contributed by atoms with van der Waals surface area (Å²) < 4.78 is 9.09. The number of para-hydroxylation sites is 2. The zero-order chi connectivity index (χ0) is 21.8. The van der Waals surface area contributed by atoms with Gasteiger partial charge in [0.05, 0.1) is 5.52 Å². The van der Waals surface area contributed by atoms with Crippen molar-refractivity contribution < 1.29 is 4.74 Å². The first-order chi connectivity index (χ1) is 15.4. The molecule has 0 fully saturated rings. The Morgan fingerprint density at radius 3 is 2.44 bits per heavy atom. The van der Waals surface area contributed by atoms with E-state index in [4.69, 9.17) is 4.74 Å². The van der Waals surface area contributed by atoms with E-state index in [0.29, 0.717) is 0 Å². The number of hydrogen-bond acceptors (Lipinski definition) is 1. The van der Waals surface area contributed by atoms with Gasteiger partial charge in [-0.3, -0.25) is 0 Å². The molecule has 0 unspecified atom stereocenters. The van der Waals surface area contributed by atoms with Crippen molar-refractivity contribution in [3.05, 3.63) is 83.9 Å². The highest BCUT2D eigenvalue weighted by atomic mass is 16.5. The van der Waals surface area contributed by atoms with Gasteiger partial charge in [-0.25, -0.2) is 0 Å². The molecule has 0 aliphatic carbocycles. The number of hydrogen-bond donors (Lipinski definition) is 0. The van der Waals surface area contributed by atoms with E-state index in [1.165, 1.54) is 55.0 Å². The Morgan fingerprint density at radius 2 is 1.59 bits per heavy atom. The van der Waals surface area contributed by atoms with Crippen LogP contribution in [0.15, 0.2) is 72.8 Å². The van der Waals surface area contributed by atoms with Crippen LogP contribution in [0.4, 0.5) is 0 Å². The monoisotopic (exact) mass is 413 g/mol. The lowest BCUT2D eigenvalue weighted by atomic mass is 9.34. The van der Waals surface area contributed by atoms with E-state index in [1.54, 1.807) is 0 Å². The van der Waals surface area contributed by atoms with Crippen molar-refractivity contribution in [2.24, 2.45) is 0 Å². The van der Waals surface area contributed by atoms with Crippen molar-refractivity contribution in [2.75, 3.05) is 0 Å². The number of ether oxygens (including phenoxy) is 1. The minimum atomic E-state index is 0.0788. The number of nitrogens with zero attached hydrogens (tertiary/aromatic N) is 1. The molecule has 1 aromatic heterocycles. The molecule has 32 heavy (non-hydrogen) atoms. The largest absolute Gasteiger partial charge is 0.458 e. The van der Waals surface area contributed by atoms with Crippen LogP contribution in [-0.2, 0) is 5.41 Å². The summed E-state index contributed by atoms with van der Waals surface area (Å²) in [5.41, 5.74) is 10.4. The Balaban J connectivity index is 1.64. The molecule has 7 rings (SSSR count). The van der Waals surface area contributed by atoms with Crippen LogP contribution >= 0.6 is 0 Å². The SMILES string of the molecule is Cc1cc2c3c(c1)-n1c4ccccc4c4cccc(c41)B3c1ccc(C(C)(C)C)cc1O2. The van der Waals surface area contributed by atoms with Gasteiger partial charge in [0.25, 0.3) is 6.71 Å². The first kappa shape index (κ1) is 18.1. The molecular formula is C29H24BNO. The van der Waals surface area contributed by atoms with Crippen molar-refractivity contribution in [3.8, 4) is 17.2 Å². The van der Waals surface area contributed by atoms with Crippen molar-refractivity contribution in [2.45, 2.75) is 33.1 Å². The van der Waals surface area contributed by atoms with Crippen LogP contribution in [0, 0.1) is 6.92 Å². The van der Waals surface area contributed by atoms with Gasteiger partial charge in [0.2, 0.25) is 0 Å². The van der Waals surface area contributed by atoms with Crippen molar-refractivity contribution >= 4 is 44.9 Å². The molecule has 0 saturated heterocycles. The Kier molecular flexibility index (Phi) is 3.32. The summed E-state index contributed by atoms with van der Waals surface area (Å²) in [5, 5.41) is 2.63. The summed E-state index contributed by atoms with van der Waals surface area (Å²) in [6, 6.07) is 26.9. The fourth-order valence-corrected chi connectivity index (χ4v) is 5.76. The third kappa shape index (κ3) is 2.21. The Bertz CT molecular complexity index is 1600. The molecule has 0 atom stereocenters. The third-order valence-electron chi connectivity index (χ3n) is 7.24. The average Bonchev–Trinajstić information content (AvgIpc) is 3.11. The predicted octanol–water partition coefficient (Wildman–Crippen LogP) is 5.32. The van der Waals surface area contributed by atoms with Crippen LogP contribution in [-0.4, -0.2) is 11.3 Å². The molecule has 4 aromatic carbocycles. The number of rotatable bonds is 0. The topological polar surface area (TPSA) is 14.2 Å². The van der Waals surface area contributed by atoms with Crippen molar-refractivity contribution in [1.29, 1.82) is 0 Å². The minimum absolute atomic E-state index is 0.0788. The van der Waals surface area contributed by atoms with Gasteiger partial charge in [0, 0.05) is 22.0 Å². The van der Waals surface area contributed by atoms with Crippen LogP contribution in [0.25, 0.3) is 27.5 Å². The first-order valence-corrected chi connectivity index (χ1v) is 11.4. The van der Waals surface area contributed by atoms with Gasteiger partial charge in [0.1, 0.15) is 11.5 Å². The van der Waals surface area contributed by atoms with Crippen LogP contribution in [0.3, 0.4) is 0 Å². The van der Waals surface area contributed by atoms with Gasteiger partial charge in [-0.2, -0.15) is 0 Å². The normalized spacial score (nSPS) is 13.8. The van der Waals surface area contributed by atoms with Gasteiger partial charge in [0.15, 0.2) is 0 Å². The second kappa shape index (κ2) is 5.86. The maximum absolute atomic E-state index is 6.63. The number of aromatic nitrogens is 1. The van der Waals surface area contributed by atoms with Crippen LogP contribution in [0.5, 0.6) is 11.5 Å². The van der Waals surface area contributed by atoms with Crippen LogP contribution in [0.2, 0.25) is 0 Å². The molecule has 2 nitrogen and oxygen atoms in total. The average molecular weight is 413 g/mol. The molecule has 0 N–H and O–H groups in total. The second-order valence-electron chi connectivity index (χ2n) is 10.3. The van der Waals surface area contributed by atoms with Crippen molar-refractivity contribution in [1.82, 2.24) is 4.57 Å². The van der Waals surface area contributed by atoms with Gasteiger partial charge in [-0.15, -0.1) is 0 Å². The summed E-state index contributed by atoms with van der Waals surface area (Å²) in [7, 11) is 0. The van der Waals surface area contributed by atoms with Crippen LogP contribution in [0.1, 0.15) is 31.9 Å². The van der Waals surface area contributed by atoms with E-state index < -0.39 is 0 Å². The van der Waals surface area contributed by atoms with Gasteiger partial charge in [-0.05, 0) is 64.1 Å². The quantitative estimate of drug-likeness (QED) is 0.307. The van der Waals surface area contributed by atoms with E-state index in [9.17, 15) is 0 Å². The smallest absolute Gasteiger partial charge is 0.256 e. The molecule has 0 amide bonds. The van der Waals surface area contributed by atoms with E-state index in [0.717, 1.165) is 11.5 Å².